The van der Waals surface area contributed by atoms with Gasteiger partial charge >= 0.3 is 11.9 Å². The van der Waals surface area contributed by atoms with Crippen molar-refractivity contribution in [3.63, 3.8) is 0 Å². The first-order chi connectivity index (χ1) is 11.2. The van der Waals surface area contributed by atoms with Crippen molar-refractivity contribution in [2.24, 2.45) is 0 Å². The lowest BCUT2D eigenvalue weighted by molar-refractivity contribution is -0.196. The third-order valence-corrected chi connectivity index (χ3v) is 3.83. The molecular weight excluding hydrogens is 320 g/mol. The summed E-state index contributed by atoms with van der Waals surface area (Å²) in [5.41, 5.74) is -1.67. The number of rotatable bonds is 4. The van der Waals surface area contributed by atoms with E-state index < -0.39 is 48.7 Å². The number of carboxylic acids is 1. The standard InChI is InChI=1S/C16H18O8/c17-10-4-1-9(2-5-10)3-6-13(19)24-12-8-16(23,15(21)22)7-11(18)14(12)20/h1-6,11-12,14,17-18,20,23H,7-8H2,(H,21,22)/t11-,12+,14+,16-/m1/s1. The number of aliphatic hydroxyl groups excluding tert-OH is 2. The van der Waals surface area contributed by atoms with Gasteiger partial charge in [0.05, 0.1) is 6.10 Å². The number of hydrogen-bond acceptors (Lipinski definition) is 7. The molecule has 4 atom stereocenters. The van der Waals surface area contributed by atoms with Crippen LogP contribution >= 0.6 is 0 Å². The van der Waals surface area contributed by atoms with Gasteiger partial charge in [-0.2, -0.15) is 0 Å². The summed E-state index contributed by atoms with van der Waals surface area (Å²) in [5, 5.41) is 47.6. The molecule has 1 aromatic rings. The summed E-state index contributed by atoms with van der Waals surface area (Å²) in [6, 6.07) is 5.97. The highest BCUT2D eigenvalue weighted by Crippen LogP contribution is 2.31. The summed E-state index contributed by atoms with van der Waals surface area (Å²) in [7, 11) is 0. The number of carbonyl (C=O) groups is 2. The number of phenols is 1. The maximum absolute atomic E-state index is 11.8. The molecule has 0 amide bonds. The van der Waals surface area contributed by atoms with Gasteiger partial charge in [-0.3, -0.25) is 0 Å². The largest absolute Gasteiger partial charge is 0.508 e. The number of aliphatic carboxylic acids is 1. The molecule has 0 radical (unpaired) electrons. The van der Waals surface area contributed by atoms with E-state index in [4.69, 9.17) is 14.9 Å². The van der Waals surface area contributed by atoms with E-state index in [2.05, 4.69) is 0 Å². The average molecular weight is 338 g/mol. The van der Waals surface area contributed by atoms with Crippen LogP contribution in [0.25, 0.3) is 6.08 Å². The summed E-state index contributed by atoms with van der Waals surface area (Å²) in [4.78, 5) is 22.9. The summed E-state index contributed by atoms with van der Waals surface area (Å²) in [6.45, 7) is 0. The van der Waals surface area contributed by atoms with Gasteiger partial charge < -0.3 is 30.3 Å². The van der Waals surface area contributed by atoms with E-state index in [1.54, 1.807) is 12.1 Å². The molecule has 0 aromatic heterocycles. The van der Waals surface area contributed by atoms with Crippen LogP contribution in [-0.2, 0) is 14.3 Å². The molecule has 1 aliphatic rings. The van der Waals surface area contributed by atoms with Crippen molar-refractivity contribution in [1.82, 2.24) is 0 Å². The molecule has 0 spiro atoms. The fourth-order valence-electron chi connectivity index (χ4n) is 2.48. The first-order valence-electron chi connectivity index (χ1n) is 7.21. The molecule has 1 saturated carbocycles. The van der Waals surface area contributed by atoms with Crippen LogP contribution in [-0.4, -0.2) is 61.4 Å². The lowest BCUT2D eigenvalue weighted by atomic mass is 9.79. The Balaban J connectivity index is 2.03. The minimum Gasteiger partial charge on any atom is -0.508 e. The van der Waals surface area contributed by atoms with Crippen LogP contribution in [0.4, 0.5) is 0 Å². The zero-order chi connectivity index (χ0) is 17.9. The van der Waals surface area contributed by atoms with E-state index in [-0.39, 0.29) is 5.75 Å². The van der Waals surface area contributed by atoms with E-state index in [0.29, 0.717) is 5.56 Å². The Kier molecular flexibility index (Phi) is 5.23. The molecule has 8 nitrogen and oxygen atoms in total. The van der Waals surface area contributed by atoms with Gasteiger partial charge in [-0.05, 0) is 23.8 Å². The number of benzene rings is 1. The maximum Gasteiger partial charge on any atom is 0.335 e. The second-order valence-electron chi connectivity index (χ2n) is 5.70. The SMILES string of the molecule is O=C(C=Cc1ccc(O)cc1)O[C@H]1C[C@@](O)(C(=O)O)C[C@@H](O)[C@@H]1O. The number of aromatic hydroxyl groups is 1. The average Bonchev–Trinajstić information content (AvgIpc) is 2.51. The number of ether oxygens (including phenoxy) is 1. The number of carbonyl (C=O) groups excluding carboxylic acids is 1. The van der Waals surface area contributed by atoms with E-state index in [1.807, 2.05) is 0 Å². The van der Waals surface area contributed by atoms with Crippen molar-refractivity contribution >= 4 is 18.0 Å². The summed E-state index contributed by atoms with van der Waals surface area (Å²) >= 11 is 0. The Hall–Kier alpha value is -2.42. The zero-order valence-corrected chi connectivity index (χ0v) is 12.6. The highest BCUT2D eigenvalue weighted by Gasteiger charge is 2.50. The van der Waals surface area contributed by atoms with Gasteiger partial charge in [-0.25, -0.2) is 9.59 Å². The normalized spacial score (nSPS) is 30.2. The van der Waals surface area contributed by atoms with E-state index in [1.165, 1.54) is 18.2 Å². The van der Waals surface area contributed by atoms with Crippen LogP contribution in [0.1, 0.15) is 18.4 Å². The molecular formula is C16H18O8. The van der Waals surface area contributed by atoms with Crippen molar-refractivity contribution in [2.45, 2.75) is 36.8 Å². The predicted molar refractivity (Wildman–Crippen MR) is 80.9 cm³/mol. The molecule has 8 heteroatoms. The molecule has 0 heterocycles. The van der Waals surface area contributed by atoms with Crippen molar-refractivity contribution in [3.05, 3.63) is 35.9 Å². The fourth-order valence-corrected chi connectivity index (χ4v) is 2.48. The molecule has 0 unspecified atom stereocenters. The first kappa shape index (κ1) is 17.9. The van der Waals surface area contributed by atoms with Gasteiger partial charge in [0.25, 0.3) is 0 Å². The zero-order valence-electron chi connectivity index (χ0n) is 12.6. The molecule has 1 fully saturated rings. The van der Waals surface area contributed by atoms with Gasteiger partial charge in [-0.15, -0.1) is 0 Å². The van der Waals surface area contributed by atoms with Crippen LogP contribution in [0.15, 0.2) is 30.3 Å². The summed E-state index contributed by atoms with van der Waals surface area (Å²) in [5.74, 6) is -2.36. The molecule has 130 valence electrons. The first-order valence-corrected chi connectivity index (χ1v) is 7.21. The smallest absolute Gasteiger partial charge is 0.335 e. The van der Waals surface area contributed by atoms with E-state index in [9.17, 15) is 24.9 Å². The fraction of sp³-hybridized carbons (Fsp3) is 0.375. The van der Waals surface area contributed by atoms with Gasteiger partial charge in [0, 0.05) is 18.9 Å². The molecule has 0 saturated heterocycles. The Morgan fingerprint density at radius 1 is 1.17 bits per heavy atom. The third-order valence-electron chi connectivity index (χ3n) is 3.83. The Morgan fingerprint density at radius 2 is 1.79 bits per heavy atom. The Labute approximate surface area is 137 Å². The molecule has 5 N–H and O–H groups in total. The van der Waals surface area contributed by atoms with Crippen LogP contribution in [0, 0.1) is 0 Å². The monoisotopic (exact) mass is 338 g/mol. The lowest BCUT2D eigenvalue weighted by Crippen LogP contribution is -2.57. The minimum absolute atomic E-state index is 0.0713. The number of hydrogen-bond donors (Lipinski definition) is 5. The molecule has 24 heavy (non-hydrogen) atoms. The minimum atomic E-state index is -2.27. The van der Waals surface area contributed by atoms with E-state index >= 15 is 0 Å². The van der Waals surface area contributed by atoms with Crippen LogP contribution in [0.3, 0.4) is 0 Å². The highest BCUT2D eigenvalue weighted by molar-refractivity contribution is 5.87. The van der Waals surface area contributed by atoms with Crippen molar-refractivity contribution in [2.75, 3.05) is 0 Å². The topological polar surface area (TPSA) is 145 Å². The number of carboxylic acid groups (broad SMARTS) is 1. The van der Waals surface area contributed by atoms with Crippen LogP contribution in [0.2, 0.25) is 0 Å². The van der Waals surface area contributed by atoms with Gasteiger partial charge in [0.2, 0.25) is 0 Å². The second-order valence-corrected chi connectivity index (χ2v) is 5.70. The molecule has 0 aliphatic heterocycles. The van der Waals surface area contributed by atoms with Gasteiger partial charge in [0.15, 0.2) is 5.60 Å². The lowest BCUT2D eigenvalue weighted by Gasteiger charge is -2.39. The summed E-state index contributed by atoms with van der Waals surface area (Å²) in [6.07, 6.45) is -3.00. The van der Waals surface area contributed by atoms with Crippen LogP contribution in [0.5, 0.6) is 5.75 Å². The molecule has 0 bridgehead atoms. The second kappa shape index (κ2) is 7.00. The Bertz CT molecular complexity index is 638. The highest BCUT2D eigenvalue weighted by atomic mass is 16.6. The van der Waals surface area contributed by atoms with Crippen molar-refractivity contribution in [3.8, 4) is 5.75 Å². The number of phenolic OH excluding ortho intramolecular Hbond substituents is 1. The van der Waals surface area contributed by atoms with E-state index in [0.717, 1.165) is 6.08 Å². The molecule has 2 rings (SSSR count). The number of aliphatic hydroxyl groups is 3. The Morgan fingerprint density at radius 3 is 2.38 bits per heavy atom. The summed E-state index contributed by atoms with van der Waals surface area (Å²) < 4.78 is 4.96. The molecule has 1 aliphatic carbocycles. The maximum atomic E-state index is 11.8. The van der Waals surface area contributed by atoms with Crippen molar-refractivity contribution in [1.29, 1.82) is 0 Å². The van der Waals surface area contributed by atoms with Crippen LogP contribution < -0.4 is 0 Å². The van der Waals surface area contributed by atoms with Gasteiger partial charge in [0.1, 0.15) is 18.0 Å². The predicted octanol–water partition coefficient (Wildman–Crippen LogP) is -0.352. The number of esters is 1. The third kappa shape index (κ3) is 4.10. The quantitative estimate of drug-likeness (QED) is 0.370. The van der Waals surface area contributed by atoms with Crippen molar-refractivity contribution < 1.29 is 39.9 Å². The van der Waals surface area contributed by atoms with Gasteiger partial charge in [-0.1, -0.05) is 12.1 Å². The molecule has 1 aromatic carbocycles.